The van der Waals surface area contributed by atoms with Crippen molar-refractivity contribution >= 4 is 17.2 Å². The fourth-order valence-corrected chi connectivity index (χ4v) is 4.08. The smallest absolute Gasteiger partial charge is 0.278 e. The Balaban J connectivity index is 1.38. The normalized spacial score (nSPS) is 21.9. The van der Waals surface area contributed by atoms with Crippen LogP contribution in [0.25, 0.3) is 0 Å². The summed E-state index contributed by atoms with van der Waals surface area (Å²) in [6, 6.07) is 7.49. The number of hydrogen-bond donors (Lipinski definition) is 1. The van der Waals surface area contributed by atoms with E-state index in [-0.39, 0.29) is 17.4 Å². The molecule has 2 aliphatic rings. The highest BCUT2D eigenvalue weighted by molar-refractivity contribution is 7.11. The molecule has 1 unspecified atom stereocenters. The standard InChI is InChI=1S/C18H20N2O3S/c21-16(20-15-5-6-18(15)7-10-22-11-8-18)13-1-3-14(4-2-13)23-17-19-9-12-24-17/h1-4,9,12,15H,5-8,10-11H2,(H,20,21). The molecule has 24 heavy (non-hydrogen) atoms. The molecule has 1 spiro atoms. The molecule has 0 radical (unpaired) electrons. The van der Waals surface area contributed by atoms with Gasteiger partial charge in [0.1, 0.15) is 5.75 Å². The number of thiazole rings is 1. The zero-order valence-electron chi connectivity index (χ0n) is 13.4. The third-order valence-corrected chi connectivity index (χ3v) is 5.84. The van der Waals surface area contributed by atoms with E-state index in [2.05, 4.69) is 10.3 Å². The fourth-order valence-electron chi connectivity index (χ4n) is 3.58. The van der Waals surface area contributed by atoms with E-state index in [1.54, 1.807) is 30.5 Å². The van der Waals surface area contributed by atoms with Gasteiger partial charge < -0.3 is 14.8 Å². The van der Waals surface area contributed by atoms with E-state index in [0.717, 1.165) is 32.5 Å². The third-order valence-electron chi connectivity index (χ3n) is 5.20. The minimum Gasteiger partial charge on any atom is -0.431 e. The number of benzene rings is 1. The maximum Gasteiger partial charge on any atom is 0.278 e. The minimum absolute atomic E-state index is 0.00799. The molecule has 1 aliphatic heterocycles. The van der Waals surface area contributed by atoms with Gasteiger partial charge in [0, 0.05) is 36.4 Å². The van der Waals surface area contributed by atoms with Crippen LogP contribution in [0.2, 0.25) is 0 Å². The van der Waals surface area contributed by atoms with Gasteiger partial charge in [-0.25, -0.2) is 4.98 Å². The molecule has 1 aromatic heterocycles. The molecule has 0 bridgehead atoms. The molecular weight excluding hydrogens is 324 g/mol. The Morgan fingerprint density at radius 2 is 2.04 bits per heavy atom. The molecular formula is C18H20N2O3S. The van der Waals surface area contributed by atoms with Gasteiger partial charge in [0.15, 0.2) is 0 Å². The Bertz CT molecular complexity index is 694. The highest BCUT2D eigenvalue weighted by Gasteiger charge is 2.47. The van der Waals surface area contributed by atoms with Crippen LogP contribution >= 0.6 is 11.3 Å². The van der Waals surface area contributed by atoms with Crippen molar-refractivity contribution in [3.63, 3.8) is 0 Å². The highest BCUT2D eigenvalue weighted by atomic mass is 32.1. The van der Waals surface area contributed by atoms with Crippen LogP contribution in [0.1, 0.15) is 36.0 Å². The van der Waals surface area contributed by atoms with Crippen molar-refractivity contribution in [3.05, 3.63) is 41.4 Å². The van der Waals surface area contributed by atoms with E-state index in [9.17, 15) is 4.79 Å². The summed E-state index contributed by atoms with van der Waals surface area (Å²) in [5, 5.41) is 5.68. The number of amides is 1. The first-order valence-electron chi connectivity index (χ1n) is 8.31. The maximum atomic E-state index is 12.5. The Morgan fingerprint density at radius 1 is 1.25 bits per heavy atom. The summed E-state index contributed by atoms with van der Waals surface area (Å²) in [4.78, 5) is 16.6. The number of nitrogens with zero attached hydrogens (tertiary/aromatic N) is 1. The second-order valence-corrected chi connectivity index (χ2v) is 7.32. The second kappa shape index (κ2) is 6.53. The molecule has 5 nitrogen and oxygen atoms in total. The zero-order chi connectivity index (χ0) is 16.4. The lowest BCUT2D eigenvalue weighted by atomic mass is 9.60. The molecule has 2 fully saturated rings. The minimum atomic E-state index is -0.00799. The van der Waals surface area contributed by atoms with Crippen molar-refractivity contribution in [1.29, 1.82) is 0 Å². The molecule has 1 amide bonds. The van der Waals surface area contributed by atoms with E-state index in [1.165, 1.54) is 17.8 Å². The summed E-state index contributed by atoms with van der Waals surface area (Å²) in [6.07, 6.45) is 6.07. The number of carbonyl (C=O) groups excluding carboxylic acids is 1. The summed E-state index contributed by atoms with van der Waals surface area (Å²) in [5.41, 5.74) is 0.928. The van der Waals surface area contributed by atoms with Gasteiger partial charge in [-0.05, 0) is 55.4 Å². The molecule has 1 N–H and O–H groups in total. The molecule has 6 heteroatoms. The maximum absolute atomic E-state index is 12.5. The first-order chi connectivity index (χ1) is 11.8. The van der Waals surface area contributed by atoms with Gasteiger partial charge in [-0.3, -0.25) is 4.79 Å². The molecule has 2 aromatic rings. The average Bonchev–Trinajstić information content (AvgIpc) is 3.13. The van der Waals surface area contributed by atoms with Crippen LogP contribution in [0.4, 0.5) is 0 Å². The first kappa shape index (κ1) is 15.6. The van der Waals surface area contributed by atoms with Crippen molar-refractivity contribution in [1.82, 2.24) is 10.3 Å². The number of nitrogens with one attached hydrogen (secondary N) is 1. The van der Waals surface area contributed by atoms with Gasteiger partial charge in [-0.2, -0.15) is 0 Å². The fraction of sp³-hybridized carbons (Fsp3) is 0.444. The summed E-state index contributed by atoms with van der Waals surface area (Å²) in [7, 11) is 0. The van der Waals surface area contributed by atoms with Crippen LogP contribution in [-0.2, 0) is 4.74 Å². The average molecular weight is 344 g/mol. The topological polar surface area (TPSA) is 60.5 Å². The van der Waals surface area contributed by atoms with Crippen molar-refractivity contribution in [3.8, 4) is 10.9 Å². The number of hydrogen-bond acceptors (Lipinski definition) is 5. The molecule has 4 rings (SSSR count). The Morgan fingerprint density at radius 3 is 2.67 bits per heavy atom. The lowest BCUT2D eigenvalue weighted by Crippen LogP contribution is -2.57. The van der Waals surface area contributed by atoms with E-state index >= 15 is 0 Å². The number of carbonyl (C=O) groups is 1. The molecule has 1 saturated heterocycles. The van der Waals surface area contributed by atoms with Gasteiger partial charge in [-0.15, -0.1) is 0 Å². The highest BCUT2D eigenvalue weighted by Crippen LogP contribution is 2.48. The second-order valence-electron chi connectivity index (χ2n) is 6.46. The van der Waals surface area contributed by atoms with E-state index in [1.807, 2.05) is 5.38 Å². The van der Waals surface area contributed by atoms with Gasteiger partial charge in [-0.1, -0.05) is 11.3 Å². The SMILES string of the molecule is O=C(NC1CCC12CCOCC2)c1ccc(Oc2nccs2)cc1. The van der Waals surface area contributed by atoms with Gasteiger partial charge in [0.25, 0.3) is 11.1 Å². The summed E-state index contributed by atoms with van der Waals surface area (Å²) in [6.45, 7) is 1.63. The molecule has 1 aliphatic carbocycles. The van der Waals surface area contributed by atoms with Crippen LogP contribution in [-0.4, -0.2) is 30.1 Å². The zero-order valence-corrected chi connectivity index (χ0v) is 14.2. The Hall–Kier alpha value is -1.92. The van der Waals surface area contributed by atoms with E-state index in [0.29, 0.717) is 16.5 Å². The summed E-state index contributed by atoms with van der Waals surface area (Å²) < 4.78 is 11.1. The molecule has 2 heterocycles. The van der Waals surface area contributed by atoms with Gasteiger partial charge in [0.2, 0.25) is 0 Å². The van der Waals surface area contributed by atoms with Crippen LogP contribution in [0.15, 0.2) is 35.8 Å². The molecule has 1 aromatic carbocycles. The third kappa shape index (κ3) is 3.03. The molecule has 126 valence electrons. The quantitative estimate of drug-likeness (QED) is 0.920. The number of rotatable bonds is 4. The predicted octanol–water partition coefficient (Wildman–Crippen LogP) is 3.62. The van der Waals surface area contributed by atoms with E-state index < -0.39 is 0 Å². The van der Waals surface area contributed by atoms with Crippen molar-refractivity contribution in [2.24, 2.45) is 5.41 Å². The van der Waals surface area contributed by atoms with Crippen LogP contribution in [0.3, 0.4) is 0 Å². The van der Waals surface area contributed by atoms with Gasteiger partial charge in [0.05, 0.1) is 0 Å². The monoisotopic (exact) mass is 344 g/mol. The molecule has 1 atom stereocenters. The van der Waals surface area contributed by atoms with Crippen molar-refractivity contribution < 1.29 is 14.3 Å². The largest absolute Gasteiger partial charge is 0.431 e. The van der Waals surface area contributed by atoms with Crippen LogP contribution in [0, 0.1) is 5.41 Å². The lowest BCUT2D eigenvalue weighted by Gasteiger charge is -2.52. The van der Waals surface area contributed by atoms with E-state index in [4.69, 9.17) is 9.47 Å². The van der Waals surface area contributed by atoms with Gasteiger partial charge >= 0.3 is 0 Å². The Labute approximate surface area is 145 Å². The van der Waals surface area contributed by atoms with Crippen LogP contribution < -0.4 is 10.1 Å². The predicted molar refractivity (Wildman–Crippen MR) is 91.6 cm³/mol. The summed E-state index contributed by atoms with van der Waals surface area (Å²) in [5.74, 6) is 0.678. The summed E-state index contributed by atoms with van der Waals surface area (Å²) >= 11 is 1.44. The first-order valence-corrected chi connectivity index (χ1v) is 9.19. The number of ether oxygens (including phenoxy) is 2. The van der Waals surface area contributed by atoms with Crippen molar-refractivity contribution in [2.75, 3.05) is 13.2 Å². The van der Waals surface area contributed by atoms with Crippen molar-refractivity contribution in [2.45, 2.75) is 31.7 Å². The van der Waals surface area contributed by atoms with Crippen LogP contribution in [0.5, 0.6) is 10.9 Å². The number of aromatic nitrogens is 1. The lowest BCUT2D eigenvalue weighted by molar-refractivity contribution is -0.0523. The Kier molecular flexibility index (Phi) is 4.24. The molecule has 1 saturated carbocycles.